The zero-order valence-electron chi connectivity index (χ0n) is 11.8. The van der Waals surface area contributed by atoms with Crippen LogP contribution in [0.15, 0.2) is 12.1 Å². The predicted octanol–water partition coefficient (Wildman–Crippen LogP) is 4.24. The maximum atomic E-state index is 14.0. The summed E-state index contributed by atoms with van der Waals surface area (Å²) in [6, 6.07) is 4.01. The Morgan fingerprint density at radius 3 is 2.55 bits per heavy atom. The molecule has 0 aliphatic carbocycles. The van der Waals surface area contributed by atoms with Crippen LogP contribution in [0.1, 0.15) is 44.6 Å². The highest BCUT2D eigenvalue weighted by atomic mass is 19.1. The third kappa shape index (κ3) is 3.27. The molecule has 1 aliphatic rings. The number of benzene rings is 1. The van der Waals surface area contributed by atoms with E-state index in [4.69, 9.17) is 5.26 Å². The highest BCUT2D eigenvalue weighted by Crippen LogP contribution is 2.29. The topological polar surface area (TPSA) is 27.0 Å². The molecule has 1 aromatic rings. The van der Waals surface area contributed by atoms with Gasteiger partial charge in [0.1, 0.15) is 5.69 Å². The Morgan fingerprint density at radius 2 is 1.95 bits per heavy atom. The van der Waals surface area contributed by atoms with Crippen LogP contribution in [0.3, 0.4) is 0 Å². The summed E-state index contributed by atoms with van der Waals surface area (Å²) in [5.74, 6) is -0.597. The van der Waals surface area contributed by atoms with Crippen molar-refractivity contribution in [2.75, 3.05) is 18.0 Å². The van der Waals surface area contributed by atoms with Crippen molar-refractivity contribution in [1.29, 1.82) is 5.26 Å². The molecule has 0 saturated carbocycles. The Kier molecular flexibility index (Phi) is 4.94. The quantitative estimate of drug-likeness (QED) is 0.826. The monoisotopic (exact) mass is 278 g/mol. The second-order valence-electron chi connectivity index (χ2n) is 5.47. The molecule has 1 atom stereocenters. The molecule has 0 amide bonds. The molecule has 1 unspecified atom stereocenters. The largest absolute Gasteiger partial charge is 0.367 e. The van der Waals surface area contributed by atoms with E-state index in [2.05, 4.69) is 6.92 Å². The first-order valence-corrected chi connectivity index (χ1v) is 7.29. The number of rotatable bonds is 3. The Labute approximate surface area is 119 Å². The van der Waals surface area contributed by atoms with Gasteiger partial charge in [0.05, 0.1) is 11.6 Å². The third-order valence-corrected chi connectivity index (χ3v) is 4.01. The van der Waals surface area contributed by atoms with Crippen LogP contribution in [-0.2, 0) is 0 Å². The molecule has 1 aliphatic heterocycles. The molecule has 108 valence electrons. The van der Waals surface area contributed by atoms with E-state index in [0.717, 1.165) is 37.8 Å². The van der Waals surface area contributed by atoms with E-state index >= 15 is 0 Å². The van der Waals surface area contributed by atoms with Gasteiger partial charge in [-0.05, 0) is 37.3 Å². The van der Waals surface area contributed by atoms with Gasteiger partial charge in [-0.15, -0.1) is 0 Å². The minimum atomic E-state index is -0.629. The van der Waals surface area contributed by atoms with Crippen molar-refractivity contribution < 1.29 is 8.78 Å². The van der Waals surface area contributed by atoms with E-state index in [-0.39, 0.29) is 11.3 Å². The van der Waals surface area contributed by atoms with E-state index in [1.807, 2.05) is 0 Å². The van der Waals surface area contributed by atoms with Crippen LogP contribution >= 0.6 is 0 Å². The van der Waals surface area contributed by atoms with Crippen molar-refractivity contribution >= 4 is 5.69 Å². The van der Waals surface area contributed by atoms with E-state index in [0.29, 0.717) is 19.0 Å². The average molecular weight is 278 g/mol. The molecule has 4 heteroatoms. The predicted molar refractivity (Wildman–Crippen MR) is 75.5 cm³/mol. The highest BCUT2D eigenvalue weighted by molar-refractivity contribution is 5.52. The summed E-state index contributed by atoms with van der Waals surface area (Å²) in [5, 5.41) is 8.73. The van der Waals surface area contributed by atoms with Crippen molar-refractivity contribution in [1.82, 2.24) is 0 Å². The standard InChI is InChI=1S/C16H20F2N2/c1-2-4-12-5-3-7-20(8-6-12)16-14(17)9-13(11-19)10-15(16)18/h9-10,12H,2-8H2,1H3. The molecule has 0 bridgehead atoms. The molecule has 1 saturated heterocycles. The average Bonchev–Trinajstić information content (AvgIpc) is 2.64. The molecule has 0 N–H and O–H groups in total. The second-order valence-corrected chi connectivity index (χ2v) is 5.47. The van der Waals surface area contributed by atoms with Gasteiger partial charge in [-0.1, -0.05) is 19.8 Å². The lowest BCUT2D eigenvalue weighted by molar-refractivity contribution is 0.435. The van der Waals surface area contributed by atoms with Crippen molar-refractivity contribution in [3.63, 3.8) is 0 Å². The zero-order valence-corrected chi connectivity index (χ0v) is 11.8. The molecular weight excluding hydrogens is 258 g/mol. The molecule has 2 rings (SSSR count). The van der Waals surface area contributed by atoms with Gasteiger partial charge in [0.25, 0.3) is 0 Å². The van der Waals surface area contributed by atoms with E-state index in [9.17, 15) is 8.78 Å². The molecule has 1 fully saturated rings. The zero-order chi connectivity index (χ0) is 14.5. The summed E-state index contributed by atoms with van der Waals surface area (Å²) >= 11 is 0. The summed E-state index contributed by atoms with van der Waals surface area (Å²) < 4.78 is 28.1. The van der Waals surface area contributed by atoms with E-state index < -0.39 is 11.6 Å². The van der Waals surface area contributed by atoms with Crippen molar-refractivity contribution in [3.05, 3.63) is 29.3 Å². The van der Waals surface area contributed by atoms with Crippen molar-refractivity contribution in [2.45, 2.75) is 39.0 Å². The van der Waals surface area contributed by atoms with Crippen LogP contribution in [0.5, 0.6) is 0 Å². The van der Waals surface area contributed by atoms with Gasteiger partial charge in [-0.2, -0.15) is 5.26 Å². The van der Waals surface area contributed by atoms with Gasteiger partial charge < -0.3 is 4.90 Å². The summed E-state index contributed by atoms with van der Waals surface area (Å²) in [4.78, 5) is 1.79. The smallest absolute Gasteiger partial charge is 0.150 e. The van der Waals surface area contributed by atoms with Gasteiger partial charge in [-0.25, -0.2) is 8.78 Å². The molecule has 1 aromatic carbocycles. The van der Waals surface area contributed by atoms with Crippen LogP contribution in [0.25, 0.3) is 0 Å². The van der Waals surface area contributed by atoms with Crippen LogP contribution in [0, 0.1) is 28.9 Å². The van der Waals surface area contributed by atoms with Crippen molar-refractivity contribution in [2.24, 2.45) is 5.92 Å². The Hall–Kier alpha value is -1.63. The van der Waals surface area contributed by atoms with Crippen LogP contribution < -0.4 is 4.90 Å². The minimum Gasteiger partial charge on any atom is -0.367 e. The fourth-order valence-electron chi connectivity index (χ4n) is 3.02. The van der Waals surface area contributed by atoms with Gasteiger partial charge in [0.15, 0.2) is 11.6 Å². The Bertz CT molecular complexity index is 485. The van der Waals surface area contributed by atoms with E-state index in [1.165, 1.54) is 6.42 Å². The van der Waals surface area contributed by atoms with Crippen LogP contribution in [0.4, 0.5) is 14.5 Å². The van der Waals surface area contributed by atoms with Gasteiger partial charge in [0, 0.05) is 13.1 Å². The number of hydrogen-bond donors (Lipinski definition) is 0. The van der Waals surface area contributed by atoms with Crippen LogP contribution in [-0.4, -0.2) is 13.1 Å². The maximum Gasteiger partial charge on any atom is 0.150 e. The molecule has 1 heterocycles. The number of anilines is 1. The normalized spacial score (nSPS) is 19.5. The van der Waals surface area contributed by atoms with Gasteiger partial charge in [0.2, 0.25) is 0 Å². The van der Waals surface area contributed by atoms with Gasteiger partial charge >= 0.3 is 0 Å². The maximum absolute atomic E-state index is 14.0. The summed E-state index contributed by atoms with van der Waals surface area (Å²) in [6.45, 7) is 3.53. The number of halogens is 2. The lowest BCUT2D eigenvalue weighted by Gasteiger charge is -2.24. The second kappa shape index (κ2) is 6.69. The van der Waals surface area contributed by atoms with E-state index in [1.54, 1.807) is 11.0 Å². The third-order valence-electron chi connectivity index (χ3n) is 4.01. The van der Waals surface area contributed by atoms with Crippen molar-refractivity contribution in [3.8, 4) is 6.07 Å². The first-order chi connectivity index (χ1) is 9.65. The molecular formula is C16H20F2N2. The first-order valence-electron chi connectivity index (χ1n) is 7.29. The molecule has 0 spiro atoms. The molecule has 20 heavy (non-hydrogen) atoms. The Morgan fingerprint density at radius 1 is 1.25 bits per heavy atom. The van der Waals surface area contributed by atoms with Gasteiger partial charge in [-0.3, -0.25) is 0 Å². The minimum absolute atomic E-state index is 0.0288. The molecule has 0 aromatic heterocycles. The summed E-state index contributed by atoms with van der Waals surface area (Å²) in [7, 11) is 0. The molecule has 0 radical (unpaired) electrons. The lowest BCUT2D eigenvalue weighted by atomic mass is 9.96. The Balaban J connectivity index is 2.18. The molecule has 2 nitrogen and oxygen atoms in total. The number of nitriles is 1. The number of hydrogen-bond acceptors (Lipinski definition) is 2. The first kappa shape index (κ1) is 14.8. The fourth-order valence-corrected chi connectivity index (χ4v) is 3.02. The van der Waals surface area contributed by atoms with Crippen LogP contribution in [0.2, 0.25) is 0 Å². The SMILES string of the molecule is CCCC1CCCN(c2c(F)cc(C#N)cc2F)CC1. The number of nitrogens with zero attached hydrogens (tertiary/aromatic N) is 2. The summed E-state index contributed by atoms with van der Waals surface area (Å²) in [6.07, 6.45) is 5.41. The highest BCUT2D eigenvalue weighted by Gasteiger charge is 2.22. The lowest BCUT2D eigenvalue weighted by Crippen LogP contribution is -2.26. The fraction of sp³-hybridized carbons (Fsp3) is 0.562. The summed E-state index contributed by atoms with van der Waals surface area (Å²) in [5.41, 5.74) is 0.0589.